The fourth-order valence-electron chi connectivity index (χ4n) is 3.62. The second kappa shape index (κ2) is 8.19. The molecule has 0 aliphatic carbocycles. The molecule has 1 unspecified atom stereocenters. The van der Waals surface area contributed by atoms with Crippen LogP contribution in [0.3, 0.4) is 0 Å². The standard InChI is InChI=1S/C24H23N3O2/c1-3-29-24(28)17-10-12-19(13-11-17)27-23(18-7-6-14-25-15-18)22-16(2)26-21-9-5-4-8-20(21)22/h4-15,23,26-27H,3H2,1-2H3. The predicted molar refractivity (Wildman–Crippen MR) is 115 cm³/mol. The Hall–Kier alpha value is -3.60. The summed E-state index contributed by atoms with van der Waals surface area (Å²) in [7, 11) is 0. The molecule has 2 aromatic heterocycles. The van der Waals surface area contributed by atoms with E-state index >= 15 is 0 Å². The quantitative estimate of drug-likeness (QED) is 0.445. The average molecular weight is 385 g/mol. The Kier molecular flexibility index (Phi) is 5.29. The Morgan fingerprint density at radius 2 is 1.90 bits per heavy atom. The monoisotopic (exact) mass is 385 g/mol. The molecular formula is C24H23N3O2. The molecule has 2 heterocycles. The summed E-state index contributed by atoms with van der Waals surface area (Å²) in [6.07, 6.45) is 3.66. The lowest BCUT2D eigenvalue weighted by molar-refractivity contribution is 0.0526. The molecule has 4 rings (SSSR count). The van der Waals surface area contributed by atoms with Crippen molar-refractivity contribution in [3.05, 3.63) is 95.4 Å². The number of pyridine rings is 1. The molecule has 0 fully saturated rings. The van der Waals surface area contributed by atoms with E-state index in [-0.39, 0.29) is 12.0 Å². The lowest BCUT2D eigenvalue weighted by Gasteiger charge is -2.21. The second-order valence-corrected chi connectivity index (χ2v) is 6.87. The number of carbonyl (C=O) groups is 1. The number of para-hydroxylation sites is 1. The van der Waals surface area contributed by atoms with Gasteiger partial charge in [-0.1, -0.05) is 24.3 Å². The average Bonchev–Trinajstić information content (AvgIpc) is 3.09. The van der Waals surface area contributed by atoms with Gasteiger partial charge in [-0.15, -0.1) is 0 Å². The molecule has 0 aliphatic rings. The first-order chi connectivity index (χ1) is 14.2. The summed E-state index contributed by atoms with van der Waals surface area (Å²) < 4.78 is 5.07. The van der Waals surface area contributed by atoms with Crippen LogP contribution >= 0.6 is 0 Å². The van der Waals surface area contributed by atoms with Crippen LogP contribution in [0.4, 0.5) is 5.69 Å². The molecular weight excluding hydrogens is 362 g/mol. The summed E-state index contributed by atoms with van der Waals surface area (Å²) in [6, 6.07) is 19.6. The Morgan fingerprint density at radius 1 is 1.10 bits per heavy atom. The van der Waals surface area contributed by atoms with Gasteiger partial charge in [-0.2, -0.15) is 0 Å². The largest absolute Gasteiger partial charge is 0.462 e. The number of carbonyl (C=O) groups excluding carboxylic acids is 1. The zero-order valence-electron chi connectivity index (χ0n) is 16.5. The molecule has 0 radical (unpaired) electrons. The highest BCUT2D eigenvalue weighted by atomic mass is 16.5. The van der Waals surface area contributed by atoms with Gasteiger partial charge < -0.3 is 15.0 Å². The summed E-state index contributed by atoms with van der Waals surface area (Å²) in [5, 5.41) is 4.79. The van der Waals surface area contributed by atoms with Crippen LogP contribution in [0.1, 0.15) is 40.1 Å². The Bertz CT molecular complexity index is 1120. The predicted octanol–water partition coefficient (Wildman–Crippen LogP) is 5.25. The van der Waals surface area contributed by atoms with Crippen molar-refractivity contribution in [3.63, 3.8) is 0 Å². The molecule has 1 atom stereocenters. The highest BCUT2D eigenvalue weighted by Gasteiger charge is 2.21. The number of H-pyrrole nitrogens is 1. The number of nitrogens with one attached hydrogen (secondary N) is 2. The van der Waals surface area contributed by atoms with Crippen molar-refractivity contribution in [1.82, 2.24) is 9.97 Å². The summed E-state index contributed by atoms with van der Waals surface area (Å²) in [5.41, 5.74) is 5.91. The van der Waals surface area contributed by atoms with Gasteiger partial charge in [0.15, 0.2) is 0 Å². The first kappa shape index (κ1) is 18.7. The Labute approximate surface area is 169 Å². The number of ether oxygens (including phenoxy) is 1. The number of esters is 1. The molecule has 0 saturated heterocycles. The number of aryl methyl sites for hydroxylation is 1. The van der Waals surface area contributed by atoms with Crippen molar-refractivity contribution in [2.45, 2.75) is 19.9 Å². The van der Waals surface area contributed by atoms with E-state index in [0.29, 0.717) is 12.2 Å². The van der Waals surface area contributed by atoms with Crippen LogP contribution in [-0.2, 0) is 4.74 Å². The van der Waals surface area contributed by atoms with E-state index in [0.717, 1.165) is 22.5 Å². The number of hydrogen-bond acceptors (Lipinski definition) is 4. The van der Waals surface area contributed by atoms with Crippen molar-refractivity contribution in [3.8, 4) is 0 Å². The van der Waals surface area contributed by atoms with Gasteiger partial charge in [0.25, 0.3) is 0 Å². The SMILES string of the molecule is CCOC(=O)c1ccc(NC(c2cccnc2)c2c(C)[nH]c3ccccc23)cc1. The fourth-order valence-corrected chi connectivity index (χ4v) is 3.62. The van der Waals surface area contributed by atoms with E-state index in [2.05, 4.69) is 40.4 Å². The van der Waals surface area contributed by atoms with E-state index in [9.17, 15) is 4.79 Å². The van der Waals surface area contributed by atoms with Crippen LogP contribution in [0.2, 0.25) is 0 Å². The van der Waals surface area contributed by atoms with Gasteiger partial charge in [0.2, 0.25) is 0 Å². The molecule has 5 nitrogen and oxygen atoms in total. The molecule has 146 valence electrons. The van der Waals surface area contributed by atoms with Gasteiger partial charge >= 0.3 is 5.97 Å². The minimum absolute atomic E-state index is 0.0895. The maximum absolute atomic E-state index is 11.9. The van der Waals surface area contributed by atoms with Crippen LogP contribution < -0.4 is 5.32 Å². The van der Waals surface area contributed by atoms with Gasteiger partial charge in [-0.05, 0) is 55.8 Å². The second-order valence-electron chi connectivity index (χ2n) is 6.87. The molecule has 0 bridgehead atoms. The Balaban J connectivity index is 1.73. The van der Waals surface area contributed by atoms with Gasteiger partial charge in [-0.25, -0.2) is 4.79 Å². The van der Waals surface area contributed by atoms with E-state index in [4.69, 9.17) is 4.74 Å². The third kappa shape index (κ3) is 3.85. The van der Waals surface area contributed by atoms with E-state index < -0.39 is 0 Å². The Morgan fingerprint density at radius 3 is 2.62 bits per heavy atom. The number of aromatic amines is 1. The number of benzene rings is 2. The molecule has 0 spiro atoms. The number of hydrogen-bond donors (Lipinski definition) is 2. The first-order valence-corrected chi connectivity index (χ1v) is 9.68. The number of rotatable bonds is 6. The molecule has 0 amide bonds. The molecule has 0 saturated carbocycles. The zero-order chi connectivity index (χ0) is 20.2. The number of aromatic nitrogens is 2. The van der Waals surface area contributed by atoms with Crippen molar-refractivity contribution >= 4 is 22.6 Å². The van der Waals surface area contributed by atoms with E-state index in [1.54, 1.807) is 25.3 Å². The van der Waals surface area contributed by atoms with Crippen LogP contribution in [0.25, 0.3) is 10.9 Å². The van der Waals surface area contributed by atoms with Crippen LogP contribution in [0, 0.1) is 6.92 Å². The molecule has 29 heavy (non-hydrogen) atoms. The van der Waals surface area contributed by atoms with Crippen molar-refractivity contribution in [2.75, 3.05) is 11.9 Å². The summed E-state index contributed by atoms with van der Waals surface area (Å²) >= 11 is 0. The van der Waals surface area contributed by atoms with Crippen LogP contribution in [-0.4, -0.2) is 22.5 Å². The number of anilines is 1. The van der Waals surface area contributed by atoms with Crippen molar-refractivity contribution in [2.24, 2.45) is 0 Å². The summed E-state index contributed by atoms with van der Waals surface area (Å²) in [6.45, 7) is 4.25. The maximum atomic E-state index is 11.9. The summed E-state index contributed by atoms with van der Waals surface area (Å²) in [5.74, 6) is -0.310. The highest BCUT2D eigenvalue weighted by Crippen LogP contribution is 2.34. The molecule has 4 aromatic rings. The van der Waals surface area contributed by atoms with Crippen LogP contribution in [0.15, 0.2) is 73.1 Å². The van der Waals surface area contributed by atoms with Gasteiger partial charge in [0, 0.05) is 40.2 Å². The van der Waals surface area contributed by atoms with Gasteiger partial charge in [0.1, 0.15) is 0 Å². The van der Waals surface area contributed by atoms with Gasteiger partial charge in [0.05, 0.1) is 18.2 Å². The summed E-state index contributed by atoms with van der Waals surface area (Å²) in [4.78, 5) is 19.7. The minimum Gasteiger partial charge on any atom is -0.462 e. The number of nitrogens with zero attached hydrogens (tertiary/aromatic N) is 1. The van der Waals surface area contributed by atoms with E-state index in [1.807, 2.05) is 36.5 Å². The van der Waals surface area contributed by atoms with Crippen LogP contribution in [0.5, 0.6) is 0 Å². The van der Waals surface area contributed by atoms with Gasteiger partial charge in [-0.3, -0.25) is 4.98 Å². The topological polar surface area (TPSA) is 67.0 Å². The lowest BCUT2D eigenvalue weighted by atomic mass is 9.96. The molecule has 2 N–H and O–H groups in total. The smallest absolute Gasteiger partial charge is 0.338 e. The third-order valence-corrected chi connectivity index (χ3v) is 4.96. The molecule has 0 aliphatic heterocycles. The lowest BCUT2D eigenvalue weighted by Crippen LogP contribution is -2.14. The molecule has 5 heteroatoms. The number of fused-ring (bicyclic) bond motifs is 1. The fraction of sp³-hybridized carbons (Fsp3) is 0.167. The first-order valence-electron chi connectivity index (χ1n) is 9.68. The van der Waals surface area contributed by atoms with E-state index in [1.165, 1.54) is 10.9 Å². The van der Waals surface area contributed by atoms with Crippen molar-refractivity contribution < 1.29 is 9.53 Å². The zero-order valence-corrected chi connectivity index (χ0v) is 16.5. The normalized spacial score (nSPS) is 11.9. The third-order valence-electron chi connectivity index (χ3n) is 4.96. The maximum Gasteiger partial charge on any atom is 0.338 e. The minimum atomic E-state index is -0.310. The molecule has 2 aromatic carbocycles. The highest BCUT2D eigenvalue weighted by molar-refractivity contribution is 5.90. The van der Waals surface area contributed by atoms with Crippen molar-refractivity contribution in [1.29, 1.82) is 0 Å².